The van der Waals surface area contributed by atoms with Gasteiger partial charge in [-0.2, -0.15) is 0 Å². The second-order valence-electron chi connectivity index (χ2n) is 8.33. The van der Waals surface area contributed by atoms with E-state index in [1.165, 1.54) is 14.0 Å². The van der Waals surface area contributed by atoms with Crippen LogP contribution >= 0.6 is 0 Å². The fraction of sp³-hybridized carbons (Fsp3) is 0.478. The molecular weight excluding hydrogens is 468 g/mol. The van der Waals surface area contributed by atoms with Crippen LogP contribution in [-0.2, 0) is 30.4 Å². The van der Waals surface area contributed by atoms with Crippen LogP contribution in [0, 0.1) is 0 Å². The SMILES string of the molecule is CC(=O)N[C@@H](CCC(N)=O)C(=O)N(C)[C@@H](CCCN=C(N)N)C(=O)N[C@@H](Cc1ccccc1)C(N)=O. The molecule has 10 N–H and O–H groups in total. The number of carbonyl (C=O) groups excluding carboxylic acids is 5. The molecule has 0 fully saturated rings. The maximum absolute atomic E-state index is 13.3. The molecule has 0 radical (unpaired) electrons. The highest BCUT2D eigenvalue weighted by molar-refractivity contribution is 5.94. The second kappa shape index (κ2) is 15.0. The fourth-order valence-electron chi connectivity index (χ4n) is 3.52. The Morgan fingerprint density at radius 1 is 0.944 bits per heavy atom. The third-order valence-electron chi connectivity index (χ3n) is 5.35. The van der Waals surface area contributed by atoms with Crippen LogP contribution in [0.2, 0.25) is 0 Å². The van der Waals surface area contributed by atoms with Crippen LogP contribution in [0.25, 0.3) is 0 Å². The second-order valence-corrected chi connectivity index (χ2v) is 8.33. The standard InChI is InChI=1S/C23H36N8O5/c1-14(32)29-16(10-11-19(24)33)22(36)31(2)18(9-6-12-28-23(26)27)21(35)30-17(20(25)34)13-15-7-4-3-5-8-15/h3-5,7-8,16-18H,6,9-13H2,1-2H3,(H2,24,33)(H2,25,34)(H,29,32)(H,30,35)(H4,26,27,28)/t16-,17-,18-/m0/s1. The molecule has 5 amide bonds. The molecule has 198 valence electrons. The van der Waals surface area contributed by atoms with E-state index < -0.39 is 47.7 Å². The number of guanidine groups is 1. The lowest BCUT2D eigenvalue weighted by Gasteiger charge is -2.31. The highest BCUT2D eigenvalue weighted by Crippen LogP contribution is 2.12. The molecule has 0 aromatic heterocycles. The molecule has 0 unspecified atom stereocenters. The van der Waals surface area contributed by atoms with Crippen LogP contribution in [0.3, 0.4) is 0 Å². The third kappa shape index (κ3) is 10.8. The molecule has 0 aliphatic carbocycles. The summed E-state index contributed by atoms with van der Waals surface area (Å²) >= 11 is 0. The summed E-state index contributed by atoms with van der Waals surface area (Å²) < 4.78 is 0. The van der Waals surface area contributed by atoms with Crippen LogP contribution in [0.5, 0.6) is 0 Å². The van der Waals surface area contributed by atoms with Gasteiger partial charge in [-0.05, 0) is 24.8 Å². The van der Waals surface area contributed by atoms with E-state index >= 15 is 0 Å². The summed E-state index contributed by atoms with van der Waals surface area (Å²) in [4.78, 5) is 66.5. The lowest BCUT2D eigenvalue weighted by atomic mass is 10.0. The Hall–Kier alpha value is -4.16. The van der Waals surface area contributed by atoms with Gasteiger partial charge in [-0.25, -0.2) is 0 Å². The highest BCUT2D eigenvalue weighted by atomic mass is 16.2. The first-order chi connectivity index (χ1) is 16.9. The van der Waals surface area contributed by atoms with Crippen LogP contribution in [0.1, 0.15) is 38.2 Å². The van der Waals surface area contributed by atoms with Crippen LogP contribution in [-0.4, -0.2) is 72.1 Å². The number of carbonyl (C=O) groups is 5. The number of nitrogens with zero attached hydrogens (tertiary/aromatic N) is 2. The lowest BCUT2D eigenvalue weighted by molar-refractivity contribution is -0.142. The van der Waals surface area contributed by atoms with Gasteiger partial charge >= 0.3 is 0 Å². The van der Waals surface area contributed by atoms with Gasteiger partial charge in [-0.15, -0.1) is 0 Å². The zero-order chi connectivity index (χ0) is 27.3. The van der Waals surface area contributed by atoms with Crippen molar-refractivity contribution in [2.24, 2.45) is 27.9 Å². The van der Waals surface area contributed by atoms with Crippen molar-refractivity contribution in [3.63, 3.8) is 0 Å². The van der Waals surface area contributed by atoms with E-state index in [-0.39, 0.29) is 38.2 Å². The molecule has 0 heterocycles. The number of aliphatic imine (C=N–C) groups is 1. The topological polar surface area (TPSA) is 229 Å². The number of nitrogens with one attached hydrogen (secondary N) is 2. The van der Waals surface area contributed by atoms with E-state index in [0.29, 0.717) is 6.42 Å². The normalized spacial score (nSPS) is 12.9. The van der Waals surface area contributed by atoms with Gasteiger partial charge < -0.3 is 38.5 Å². The Morgan fingerprint density at radius 3 is 2.11 bits per heavy atom. The van der Waals surface area contributed by atoms with Crippen LogP contribution in [0.15, 0.2) is 35.3 Å². The number of rotatable bonds is 15. The van der Waals surface area contributed by atoms with Gasteiger partial charge in [0.1, 0.15) is 18.1 Å². The molecule has 0 spiro atoms. The number of benzene rings is 1. The minimum atomic E-state index is -1.08. The Balaban J connectivity index is 3.12. The van der Waals surface area contributed by atoms with Gasteiger partial charge in [-0.3, -0.25) is 29.0 Å². The highest BCUT2D eigenvalue weighted by Gasteiger charge is 2.33. The fourth-order valence-corrected chi connectivity index (χ4v) is 3.52. The number of hydrogen-bond acceptors (Lipinski definition) is 6. The van der Waals surface area contributed by atoms with Crippen molar-refractivity contribution in [2.45, 2.75) is 57.2 Å². The van der Waals surface area contributed by atoms with Crippen LogP contribution < -0.4 is 33.6 Å². The van der Waals surface area contributed by atoms with Gasteiger partial charge in [0.15, 0.2) is 5.96 Å². The number of hydrogen-bond donors (Lipinski definition) is 6. The largest absolute Gasteiger partial charge is 0.370 e. The molecule has 0 aliphatic rings. The quantitative estimate of drug-likeness (QED) is 0.0880. The summed E-state index contributed by atoms with van der Waals surface area (Å²) in [5.41, 5.74) is 22.2. The molecule has 1 rings (SSSR count). The summed E-state index contributed by atoms with van der Waals surface area (Å²) in [6.07, 6.45) is 0.447. The average Bonchev–Trinajstić information content (AvgIpc) is 2.80. The summed E-state index contributed by atoms with van der Waals surface area (Å²) in [6.45, 7) is 1.43. The van der Waals surface area contributed by atoms with Crippen molar-refractivity contribution in [1.82, 2.24) is 15.5 Å². The first-order valence-corrected chi connectivity index (χ1v) is 11.4. The first-order valence-electron chi connectivity index (χ1n) is 11.4. The first kappa shape index (κ1) is 29.9. The predicted molar refractivity (Wildman–Crippen MR) is 134 cm³/mol. The molecule has 13 nitrogen and oxygen atoms in total. The Kier molecular flexibility index (Phi) is 12.4. The van der Waals surface area contributed by atoms with Gasteiger partial charge in [0, 0.05) is 33.4 Å². The molecule has 1 aromatic carbocycles. The van der Waals surface area contributed by atoms with E-state index in [4.69, 9.17) is 22.9 Å². The molecule has 0 bridgehead atoms. The lowest BCUT2D eigenvalue weighted by Crippen LogP contribution is -2.57. The maximum atomic E-state index is 13.3. The van der Waals surface area contributed by atoms with Gasteiger partial charge in [0.2, 0.25) is 29.5 Å². The van der Waals surface area contributed by atoms with Crippen molar-refractivity contribution in [3.8, 4) is 0 Å². The summed E-state index contributed by atoms with van der Waals surface area (Å²) in [5.74, 6) is -3.21. The van der Waals surface area contributed by atoms with Crippen molar-refractivity contribution >= 4 is 35.5 Å². The number of primary amides is 2. The van der Waals surface area contributed by atoms with Gasteiger partial charge in [0.05, 0.1) is 0 Å². The Morgan fingerprint density at radius 2 is 1.58 bits per heavy atom. The molecule has 36 heavy (non-hydrogen) atoms. The van der Waals surface area contributed by atoms with E-state index in [9.17, 15) is 24.0 Å². The molecule has 0 saturated heterocycles. The monoisotopic (exact) mass is 504 g/mol. The molecule has 0 saturated carbocycles. The average molecular weight is 505 g/mol. The van der Waals surface area contributed by atoms with E-state index in [2.05, 4.69) is 15.6 Å². The summed E-state index contributed by atoms with van der Waals surface area (Å²) in [5, 5.41) is 5.11. The van der Waals surface area contributed by atoms with Crippen LogP contribution in [0.4, 0.5) is 0 Å². The smallest absolute Gasteiger partial charge is 0.245 e. The van der Waals surface area contributed by atoms with Crippen molar-refractivity contribution in [1.29, 1.82) is 0 Å². The number of likely N-dealkylation sites (N-methyl/N-ethyl adjacent to an activating group) is 1. The van der Waals surface area contributed by atoms with E-state index in [0.717, 1.165) is 10.5 Å². The predicted octanol–water partition coefficient (Wildman–Crippen LogP) is -2.15. The summed E-state index contributed by atoms with van der Waals surface area (Å²) in [6, 6.07) is 5.84. The molecule has 1 aromatic rings. The van der Waals surface area contributed by atoms with Crippen molar-refractivity contribution < 1.29 is 24.0 Å². The maximum Gasteiger partial charge on any atom is 0.245 e. The molecule has 3 atom stereocenters. The van der Waals surface area contributed by atoms with Crippen molar-refractivity contribution in [2.75, 3.05) is 13.6 Å². The summed E-state index contributed by atoms with van der Waals surface area (Å²) in [7, 11) is 1.39. The zero-order valence-electron chi connectivity index (χ0n) is 20.6. The number of amides is 5. The molecule has 13 heteroatoms. The van der Waals surface area contributed by atoms with E-state index in [1.807, 2.05) is 6.07 Å². The zero-order valence-corrected chi connectivity index (χ0v) is 20.6. The molecular formula is C23H36N8O5. The number of nitrogens with two attached hydrogens (primary N) is 4. The Labute approximate surface area is 210 Å². The van der Waals surface area contributed by atoms with Crippen molar-refractivity contribution in [3.05, 3.63) is 35.9 Å². The molecule has 0 aliphatic heterocycles. The Bertz CT molecular complexity index is 949. The minimum absolute atomic E-state index is 0.0433. The van der Waals surface area contributed by atoms with E-state index in [1.54, 1.807) is 24.3 Å². The third-order valence-corrected chi connectivity index (χ3v) is 5.35. The van der Waals surface area contributed by atoms with Gasteiger partial charge in [0.25, 0.3) is 0 Å². The van der Waals surface area contributed by atoms with Gasteiger partial charge in [-0.1, -0.05) is 30.3 Å². The minimum Gasteiger partial charge on any atom is -0.370 e.